The minimum absolute atomic E-state index is 0.0223. The van der Waals surface area contributed by atoms with Crippen LogP contribution in [-0.4, -0.2) is 53.6 Å². The van der Waals surface area contributed by atoms with Crippen molar-refractivity contribution in [1.29, 1.82) is 0 Å². The van der Waals surface area contributed by atoms with Gasteiger partial charge in [-0.3, -0.25) is 0 Å². The molecular formula is C21H23N7O2. The summed E-state index contributed by atoms with van der Waals surface area (Å²) in [5.74, 6) is 1.92. The number of imidazole rings is 1. The second-order valence-corrected chi connectivity index (χ2v) is 7.39. The Labute approximate surface area is 173 Å². The van der Waals surface area contributed by atoms with Crippen molar-refractivity contribution < 1.29 is 10.2 Å². The van der Waals surface area contributed by atoms with E-state index in [1.54, 1.807) is 10.8 Å². The highest BCUT2D eigenvalue weighted by atomic mass is 16.3. The van der Waals surface area contributed by atoms with E-state index in [9.17, 15) is 10.2 Å². The van der Waals surface area contributed by atoms with Crippen LogP contribution in [0.4, 0.5) is 17.6 Å². The van der Waals surface area contributed by atoms with Gasteiger partial charge in [-0.2, -0.15) is 4.98 Å². The molecule has 1 unspecified atom stereocenters. The van der Waals surface area contributed by atoms with Crippen LogP contribution in [0.15, 0.2) is 55.1 Å². The average Bonchev–Trinajstić information content (AvgIpc) is 3.53. The predicted octanol–water partition coefficient (Wildman–Crippen LogP) is 2.11. The highest BCUT2D eigenvalue weighted by Gasteiger charge is 2.27. The molecule has 0 spiro atoms. The zero-order valence-corrected chi connectivity index (χ0v) is 16.4. The molecule has 4 heterocycles. The molecule has 0 amide bonds. The van der Waals surface area contributed by atoms with E-state index in [1.807, 2.05) is 53.4 Å². The van der Waals surface area contributed by atoms with Crippen molar-refractivity contribution in [3.8, 4) is 5.69 Å². The largest absolute Gasteiger partial charge is 0.394 e. The van der Waals surface area contributed by atoms with Gasteiger partial charge in [0, 0.05) is 18.4 Å². The highest BCUT2D eigenvalue weighted by Crippen LogP contribution is 2.26. The van der Waals surface area contributed by atoms with Crippen LogP contribution in [0.5, 0.6) is 0 Å². The van der Waals surface area contributed by atoms with Crippen LogP contribution in [0.2, 0.25) is 0 Å². The second-order valence-electron chi connectivity index (χ2n) is 7.39. The van der Waals surface area contributed by atoms with E-state index < -0.39 is 0 Å². The Bertz CT molecular complexity index is 1150. The molecule has 3 N–H and O–H groups in total. The van der Waals surface area contributed by atoms with Crippen LogP contribution in [0.25, 0.3) is 11.2 Å². The molecule has 3 aromatic heterocycles. The smallest absolute Gasteiger partial charge is 0.245 e. The molecule has 30 heavy (non-hydrogen) atoms. The van der Waals surface area contributed by atoms with Crippen molar-refractivity contribution >= 4 is 23.1 Å². The van der Waals surface area contributed by atoms with Gasteiger partial charge in [0.05, 0.1) is 25.5 Å². The topological polar surface area (TPSA) is 104 Å². The van der Waals surface area contributed by atoms with Crippen molar-refractivity contribution in [2.45, 2.75) is 25.5 Å². The SMILES string of the molecule is OCc1ccc(-n2cnc(Nc3nc(N4CCCC4CO)nn4cccc34)c2)cc1. The minimum atomic E-state index is 0.0223. The fourth-order valence-electron chi connectivity index (χ4n) is 3.85. The maximum atomic E-state index is 9.67. The summed E-state index contributed by atoms with van der Waals surface area (Å²) in [7, 11) is 0. The molecule has 9 nitrogen and oxygen atoms in total. The number of rotatable bonds is 6. The molecule has 1 atom stereocenters. The molecule has 1 saturated heterocycles. The standard InChI is InChI=1S/C21H23N7O2/c29-12-15-5-7-16(8-6-15)26-11-19(22-14-26)23-20-18-4-2-10-28(18)25-21(24-20)27-9-1-3-17(27)13-30/h2,4-8,10-11,14,17,29-30H,1,3,9,12-13H2,(H,23,24,25). The summed E-state index contributed by atoms with van der Waals surface area (Å²) in [6.07, 6.45) is 7.46. The lowest BCUT2D eigenvalue weighted by Crippen LogP contribution is -2.34. The molecule has 1 aromatic carbocycles. The van der Waals surface area contributed by atoms with Gasteiger partial charge in [0.25, 0.3) is 0 Å². The van der Waals surface area contributed by atoms with Gasteiger partial charge in [0.15, 0.2) is 5.82 Å². The van der Waals surface area contributed by atoms with Gasteiger partial charge in [0.1, 0.15) is 17.7 Å². The summed E-state index contributed by atoms with van der Waals surface area (Å²) >= 11 is 0. The molecule has 1 aliphatic heterocycles. The molecule has 4 aromatic rings. The van der Waals surface area contributed by atoms with Gasteiger partial charge in [-0.25, -0.2) is 9.50 Å². The maximum Gasteiger partial charge on any atom is 0.245 e. The molecule has 5 rings (SSSR count). The van der Waals surface area contributed by atoms with Gasteiger partial charge in [-0.05, 0) is 42.7 Å². The molecule has 154 valence electrons. The van der Waals surface area contributed by atoms with Gasteiger partial charge in [0.2, 0.25) is 5.95 Å². The van der Waals surface area contributed by atoms with Crippen LogP contribution in [0.3, 0.4) is 0 Å². The Kier molecular flexibility index (Phi) is 4.82. The molecule has 9 heteroatoms. The monoisotopic (exact) mass is 405 g/mol. The van der Waals surface area contributed by atoms with E-state index in [4.69, 9.17) is 4.98 Å². The lowest BCUT2D eigenvalue weighted by Gasteiger charge is -2.23. The molecule has 1 aliphatic rings. The number of hydrogen-bond donors (Lipinski definition) is 3. The molecule has 0 saturated carbocycles. The zero-order valence-electron chi connectivity index (χ0n) is 16.4. The first kappa shape index (κ1) is 18.6. The Morgan fingerprint density at radius 1 is 1.13 bits per heavy atom. The summed E-state index contributed by atoms with van der Waals surface area (Å²) in [5.41, 5.74) is 2.66. The Balaban J connectivity index is 1.45. The first-order chi connectivity index (χ1) is 14.7. The fraction of sp³-hybridized carbons (Fsp3) is 0.286. The summed E-state index contributed by atoms with van der Waals surface area (Å²) in [6.45, 7) is 0.944. The molecule has 0 bridgehead atoms. The summed E-state index contributed by atoms with van der Waals surface area (Å²) in [4.78, 5) is 11.3. The highest BCUT2D eigenvalue weighted by molar-refractivity contribution is 5.73. The van der Waals surface area contributed by atoms with E-state index >= 15 is 0 Å². The number of aliphatic hydroxyl groups is 2. The number of aliphatic hydroxyl groups excluding tert-OH is 2. The third kappa shape index (κ3) is 3.38. The van der Waals surface area contributed by atoms with Gasteiger partial charge < -0.3 is 25.0 Å². The lowest BCUT2D eigenvalue weighted by molar-refractivity contribution is 0.265. The van der Waals surface area contributed by atoms with Crippen molar-refractivity contribution in [3.05, 3.63) is 60.7 Å². The summed E-state index contributed by atoms with van der Waals surface area (Å²) < 4.78 is 3.70. The first-order valence-electron chi connectivity index (χ1n) is 9.99. The van der Waals surface area contributed by atoms with E-state index in [1.165, 1.54) is 0 Å². The quantitative estimate of drug-likeness (QED) is 0.451. The minimum Gasteiger partial charge on any atom is -0.394 e. The number of aromatic nitrogens is 5. The fourth-order valence-corrected chi connectivity index (χ4v) is 3.85. The van der Waals surface area contributed by atoms with E-state index in [0.717, 1.165) is 36.2 Å². The average molecular weight is 405 g/mol. The lowest BCUT2D eigenvalue weighted by atomic mass is 10.2. The molecular weight excluding hydrogens is 382 g/mol. The molecule has 0 radical (unpaired) electrons. The van der Waals surface area contributed by atoms with Crippen LogP contribution < -0.4 is 10.2 Å². The number of fused-ring (bicyclic) bond motifs is 1. The summed E-state index contributed by atoms with van der Waals surface area (Å²) in [6, 6.07) is 11.6. The normalized spacial score (nSPS) is 16.5. The van der Waals surface area contributed by atoms with E-state index in [0.29, 0.717) is 17.6 Å². The van der Waals surface area contributed by atoms with Crippen LogP contribution in [0, 0.1) is 0 Å². The van der Waals surface area contributed by atoms with Crippen LogP contribution >= 0.6 is 0 Å². The molecule has 1 fully saturated rings. The first-order valence-corrected chi connectivity index (χ1v) is 9.99. The Hall–Kier alpha value is -3.43. The van der Waals surface area contributed by atoms with Gasteiger partial charge >= 0.3 is 0 Å². The third-order valence-electron chi connectivity index (χ3n) is 5.47. The van der Waals surface area contributed by atoms with Crippen LogP contribution in [-0.2, 0) is 6.61 Å². The predicted molar refractivity (Wildman–Crippen MR) is 113 cm³/mol. The van der Waals surface area contributed by atoms with Crippen LogP contribution in [0.1, 0.15) is 18.4 Å². The second kappa shape index (κ2) is 7.77. The van der Waals surface area contributed by atoms with Crippen molar-refractivity contribution in [1.82, 2.24) is 24.1 Å². The zero-order chi connectivity index (χ0) is 20.5. The van der Waals surface area contributed by atoms with Crippen molar-refractivity contribution in [2.24, 2.45) is 0 Å². The number of nitrogens with zero attached hydrogens (tertiary/aromatic N) is 6. The van der Waals surface area contributed by atoms with E-state index in [-0.39, 0.29) is 19.3 Å². The number of anilines is 3. The van der Waals surface area contributed by atoms with Crippen molar-refractivity contribution in [2.75, 3.05) is 23.4 Å². The van der Waals surface area contributed by atoms with Gasteiger partial charge in [-0.15, -0.1) is 5.10 Å². The number of benzene rings is 1. The molecule has 0 aliphatic carbocycles. The third-order valence-corrected chi connectivity index (χ3v) is 5.47. The summed E-state index contributed by atoms with van der Waals surface area (Å²) in [5, 5.41) is 26.8. The number of nitrogens with one attached hydrogen (secondary N) is 1. The Morgan fingerprint density at radius 2 is 2.00 bits per heavy atom. The van der Waals surface area contributed by atoms with Crippen molar-refractivity contribution in [3.63, 3.8) is 0 Å². The number of hydrogen-bond acceptors (Lipinski definition) is 7. The van der Waals surface area contributed by atoms with Gasteiger partial charge in [-0.1, -0.05) is 12.1 Å². The Morgan fingerprint density at radius 3 is 2.80 bits per heavy atom. The maximum absolute atomic E-state index is 9.67. The van der Waals surface area contributed by atoms with E-state index in [2.05, 4.69) is 20.3 Å².